The zero-order valence-corrected chi connectivity index (χ0v) is 11.8. The fourth-order valence-electron chi connectivity index (χ4n) is 3.12. The van der Waals surface area contributed by atoms with E-state index in [2.05, 4.69) is 6.08 Å². The molecule has 1 aromatic carbocycles. The van der Waals surface area contributed by atoms with Crippen LogP contribution < -0.4 is 0 Å². The first kappa shape index (κ1) is 13.4. The first-order valence-electron chi connectivity index (χ1n) is 7.18. The Labute approximate surface area is 123 Å². The number of methoxy groups -OCH3 is 1. The Morgan fingerprint density at radius 2 is 1.90 bits per heavy atom. The second-order valence-electron chi connectivity index (χ2n) is 5.37. The highest BCUT2D eigenvalue weighted by Gasteiger charge is 2.48. The van der Waals surface area contributed by atoms with Crippen molar-refractivity contribution in [1.29, 1.82) is 0 Å². The molecular formula is C16H18O5. The van der Waals surface area contributed by atoms with Gasteiger partial charge in [-0.15, -0.1) is 0 Å². The standard InChI is InChI=1S/C16H18O5/c1-17-16-14-11(7-8-18-14)13-12(20-16)9-19-15(21-13)10-5-3-2-4-6-10/h2-7,12-16H,8-9H2,1H3/t12-,13+,14-,15-,16+/m1/s1. The molecule has 2 saturated heterocycles. The molecule has 5 nitrogen and oxygen atoms in total. The van der Waals surface area contributed by atoms with Crippen LogP contribution in [-0.4, -0.2) is 44.9 Å². The van der Waals surface area contributed by atoms with E-state index in [0.717, 1.165) is 11.1 Å². The summed E-state index contributed by atoms with van der Waals surface area (Å²) in [5, 5.41) is 0. The summed E-state index contributed by atoms with van der Waals surface area (Å²) in [6.45, 7) is 1.06. The summed E-state index contributed by atoms with van der Waals surface area (Å²) in [5.41, 5.74) is 2.13. The lowest BCUT2D eigenvalue weighted by molar-refractivity contribution is -0.314. The van der Waals surface area contributed by atoms with Gasteiger partial charge in [0.15, 0.2) is 12.6 Å². The maximum Gasteiger partial charge on any atom is 0.187 e. The molecule has 3 aliphatic rings. The Morgan fingerprint density at radius 1 is 1.05 bits per heavy atom. The van der Waals surface area contributed by atoms with Gasteiger partial charge in [0.25, 0.3) is 0 Å². The molecule has 0 amide bonds. The van der Waals surface area contributed by atoms with Crippen molar-refractivity contribution >= 4 is 0 Å². The van der Waals surface area contributed by atoms with Crippen LogP contribution in [-0.2, 0) is 23.7 Å². The van der Waals surface area contributed by atoms with Gasteiger partial charge in [0, 0.05) is 12.7 Å². The van der Waals surface area contributed by atoms with E-state index in [-0.39, 0.29) is 30.9 Å². The van der Waals surface area contributed by atoms with Gasteiger partial charge in [-0.3, -0.25) is 0 Å². The molecule has 5 heteroatoms. The summed E-state index contributed by atoms with van der Waals surface area (Å²) in [7, 11) is 1.63. The molecule has 0 aliphatic carbocycles. The molecular weight excluding hydrogens is 272 g/mol. The van der Waals surface area contributed by atoms with Crippen LogP contribution in [0.2, 0.25) is 0 Å². The molecule has 112 valence electrons. The zero-order chi connectivity index (χ0) is 14.2. The molecule has 0 bridgehead atoms. The fraction of sp³-hybridized carbons (Fsp3) is 0.500. The van der Waals surface area contributed by atoms with Gasteiger partial charge < -0.3 is 23.7 Å². The summed E-state index contributed by atoms with van der Waals surface area (Å²) in [6, 6.07) is 9.94. The maximum absolute atomic E-state index is 6.13. The lowest BCUT2D eigenvalue weighted by atomic mass is 9.95. The largest absolute Gasteiger partial charge is 0.364 e. The number of hydrogen-bond acceptors (Lipinski definition) is 5. The smallest absolute Gasteiger partial charge is 0.187 e. The lowest BCUT2D eigenvalue weighted by Gasteiger charge is -2.44. The molecule has 3 aliphatic heterocycles. The third-order valence-corrected chi connectivity index (χ3v) is 4.13. The Balaban J connectivity index is 1.57. The average molecular weight is 290 g/mol. The van der Waals surface area contributed by atoms with Crippen molar-refractivity contribution in [3.05, 3.63) is 47.5 Å². The summed E-state index contributed by atoms with van der Waals surface area (Å²) >= 11 is 0. The molecule has 1 aromatic rings. The molecule has 2 fully saturated rings. The molecule has 0 saturated carbocycles. The molecule has 3 heterocycles. The van der Waals surface area contributed by atoms with E-state index in [1.54, 1.807) is 7.11 Å². The van der Waals surface area contributed by atoms with E-state index in [1.807, 2.05) is 30.3 Å². The average Bonchev–Trinajstić information content (AvgIpc) is 3.04. The molecule has 0 aromatic heterocycles. The van der Waals surface area contributed by atoms with Gasteiger partial charge in [-0.05, 0) is 5.57 Å². The van der Waals surface area contributed by atoms with Crippen molar-refractivity contribution in [2.75, 3.05) is 20.3 Å². The third-order valence-electron chi connectivity index (χ3n) is 4.13. The Morgan fingerprint density at radius 3 is 2.71 bits per heavy atom. The molecule has 4 rings (SSSR count). The van der Waals surface area contributed by atoms with Crippen LogP contribution >= 0.6 is 0 Å². The molecule has 5 atom stereocenters. The van der Waals surface area contributed by atoms with E-state index in [1.165, 1.54) is 0 Å². The minimum Gasteiger partial charge on any atom is -0.364 e. The van der Waals surface area contributed by atoms with Gasteiger partial charge in [0.2, 0.25) is 0 Å². The fourth-order valence-corrected chi connectivity index (χ4v) is 3.12. The highest BCUT2D eigenvalue weighted by molar-refractivity contribution is 5.25. The molecule has 21 heavy (non-hydrogen) atoms. The summed E-state index contributed by atoms with van der Waals surface area (Å²) in [6.07, 6.45) is 0.857. The molecule has 0 radical (unpaired) electrons. The predicted octanol–water partition coefficient (Wildman–Crippen LogP) is 1.80. The van der Waals surface area contributed by atoms with Crippen molar-refractivity contribution in [3.8, 4) is 0 Å². The van der Waals surface area contributed by atoms with Crippen molar-refractivity contribution in [3.63, 3.8) is 0 Å². The normalized spacial score (nSPS) is 38.5. The van der Waals surface area contributed by atoms with Gasteiger partial charge >= 0.3 is 0 Å². The lowest BCUT2D eigenvalue weighted by Crippen LogP contribution is -2.54. The highest BCUT2D eigenvalue weighted by Crippen LogP contribution is 2.39. The minimum absolute atomic E-state index is 0.136. The third kappa shape index (κ3) is 2.31. The number of ether oxygens (including phenoxy) is 5. The minimum atomic E-state index is -0.388. The van der Waals surface area contributed by atoms with Crippen LogP contribution in [0, 0.1) is 0 Å². The Bertz CT molecular complexity index is 529. The monoisotopic (exact) mass is 290 g/mol. The van der Waals surface area contributed by atoms with E-state index < -0.39 is 0 Å². The van der Waals surface area contributed by atoms with Gasteiger partial charge in [0.1, 0.15) is 18.3 Å². The molecule has 0 N–H and O–H groups in total. The van der Waals surface area contributed by atoms with E-state index >= 15 is 0 Å². The van der Waals surface area contributed by atoms with Gasteiger partial charge in [-0.1, -0.05) is 36.4 Å². The van der Waals surface area contributed by atoms with Crippen molar-refractivity contribution < 1.29 is 23.7 Å². The van der Waals surface area contributed by atoms with Gasteiger partial charge in [0.05, 0.1) is 13.2 Å². The van der Waals surface area contributed by atoms with Crippen LogP contribution in [0.3, 0.4) is 0 Å². The number of hydrogen-bond donors (Lipinski definition) is 0. The first-order chi connectivity index (χ1) is 10.4. The van der Waals surface area contributed by atoms with Gasteiger partial charge in [-0.2, -0.15) is 0 Å². The van der Waals surface area contributed by atoms with Crippen LogP contribution in [0.5, 0.6) is 0 Å². The maximum atomic E-state index is 6.13. The van der Waals surface area contributed by atoms with E-state index in [9.17, 15) is 0 Å². The first-order valence-corrected chi connectivity index (χ1v) is 7.18. The van der Waals surface area contributed by atoms with Crippen molar-refractivity contribution in [2.24, 2.45) is 0 Å². The molecule has 0 spiro atoms. The number of benzene rings is 1. The SMILES string of the molecule is CO[C@H]1O[C@@H]2CO[C@@H](c3ccccc3)O[C@H]2C2=CCO[C@H]21. The predicted molar refractivity (Wildman–Crippen MR) is 73.5 cm³/mol. The number of fused-ring (bicyclic) bond motifs is 3. The summed E-state index contributed by atoms with van der Waals surface area (Å²) in [4.78, 5) is 0. The number of rotatable bonds is 2. The van der Waals surface area contributed by atoms with E-state index in [0.29, 0.717) is 13.2 Å². The quantitative estimate of drug-likeness (QED) is 0.777. The van der Waals surface area contributed by atoms with Crippen molar-refractivity contribution in [2.45, 2.75) is 30.9 Å². The topological polar surface area (TPSA) is 46.2 Å². The van der Waals surface area contributed by atoms with E-state index in [4.69, 9.17) is 23.7 Å². The van der Waals surface area contributed by atoms with Crippen LogP contribution in [0.4, 0.5) is 0 Å². The summed E-state index contributed by atoms with van der Waals surface area (Å²) in [5.74, 6) is 0. The van der Waals surface area contributed by atoms with Crippen LogP contribution in [0.15, 0.2) is 42.0 Å². The Kier molecular flexibility index (Phi) is 3.52. The van der Waals surface area contributed by atoms with Crippen LogP contribution in [0.1, 0.15) is 11.9 Å². The van der Waals surface area contributed by atoms with Crippen LogP contribution in [0.25, 0.3) is 0 Å². The second-order valence-corrected chi connectivity index (χ2v) is 5.37. The highest BCUT2D eigenvalue weighted by atomic mass is 16.7. The van der Waals surface area contributed by atoms with Crippen molar-refractivity contribution in [1.82, 2.24) is 0 Å². The van der Waals surface area contributed by atoms with Gasteiger partial charge in [-0.25, -0.2) is 0 Å². The second kappa shape index (κ2) is 5.51. The zero-order valence-electron chi connectivity index (χ0n) is 11.8. The summed E-state index contributed by atoms with van der Waals surface area (Å²) < 4.78 is 28.9. The Hall–Kier alpha value is -1.24. The molecule has 0 unspecified atom stereocenters.